The molecule has 0 amide bonds. The average molecular weight is 162 g/mol. The first-order valence-electron chi connectivity index (χ1n) is 4.01. The van der Waals surface area contributed by atoms with Crippen LogP contribution in [0.15, 0.2) is 0 Å². The first-order chi connectivity index (χ1) is 4.91. The largest absolute Gasteiger partial charge is 0.385 e. The van der Waals surface area contributed by atoms with Crippen molar-refractivity contribution in [3.05, 3.63) is 0 Å². The molecule has 0 fully saturated rings. The van der Waals surface area contributed by atoms with E-state index < -0.39 is 0 Å². The van der Waals surface area contributed by atoms with Crippen molar-refractivity contribution in [1.82, 2.24) is 0 Å². The summed E-state index contributed by atoms with van der Waals surface area (Å²) in [6.45, 7) is 0.918. The van der Waals surface area contributed by atoms with Crippen LogP contribution >= 0.6 is 12.6 Å². The zero-order valence-corrected chi connectivity index (χ0v) is 7.70. The lowest BCUT2D eigenvalue weighted by atomic mass is 10.2. The lowest BCUT2D eigenvalue weighted by Crippen LogP contribution is -1.88. The number of ether oxygens (including phenoxy) is 1. The molecular formula is C8H18OS. The minimum absolute atomic E-state index is 0.918. The molecule has 1 nitrogen and oxygen atoms in total. The fourth-order valence-corrected chi connectivity index (χ4v) is 1.11. The van der Waals surface area contributed by atoms with E-state index in [1.807, 2.05) is 0 Å². The SMILES string of the molecule is COCCCCCCCS. The van der Waals surface area contributed by atoms with Gasteiger partial charge in [-0.25, -0.2) is 0 Å². The van der Waals surface area contributed by atoms with E-state index in [2.05, 4.69) is 12.6 Å². The summed E-state index contributed by atoms with van der Waals surface area (Å²) in [5.41, 5.74) is 0. The van der Waals surface area contributed by atoms with Gasteiger partial charge < -0.3 is 4.74 Å². The van der Waals surface area contributed by atoms with Gasteiger partial charge in [-0.05, 0) is 18.6 Å². The van der Waals surface area contributed by atoms with Crippen molar-refractivity contribution in [3.63, 3.8) is 0 Å². The Labute approximate surface area is 69.6 Å². The van der Waals surface area contributed by atoms with Crippen molar-refractivity contribution >= 4 is 12.6 Å². The second kappa shape index (κ2) is 9.31. The van der Waals surface area contributed by atoms with E-state index in [-0.39, 0.29) is 0 Å². The molecule has 0 saturated heterocycles. The van der Waals surface area contributed by atoms with Gasteiger partial charge in [0.25, 0.3) is 0 Å². The molecule has 0 rings (SSSR count). The van der Waals surface area contributed by atoms with E-state index in [1.165, 1.54) is 32.1 Å². The smallest absolute Gasteiger partial charge is 0.0462 e. The van der Waals surface area contributed by atoms with Crippen LogP contribution in [-0.4, -0.2) is 19.5 Å². The molecule has 0 aliphatic carbocycles. The standard InChI is InChI=1S/C8H18OS/c1-9-7-5-3-2-4-6-8-10/h10H,2-8H2,1H3. The van der Waals surface area contributed by atoms with Crippen molar-refractivity contribution in [3.8, 4) is 0 Å². The van der Waals surface area contributed by atoms with Crippen LogP contribution in [0.2, 0.25) is 0 Å². The summed E-state index contributed by atoms with van der Waals surface area (Å²) in [5, 5.41) is 0. The molecule has 2 heteroatoms. The van der Waals surface area contributed by atoms with E-state index in [0.29, 0.717) is 0 Å². The van der Waals surface area contributed by atoms with E-state index in [9.17, 15) is 0 Å². The van der Waals surface area contributed by atoms with Crippen molar-refractivity contribution in [2.24, 2.45) is 0 Å². The Hall–Kier alpha value is 0.310. The summed E-state index contributed by atoms with van der Waals surface area (Å²) in [6, 6.07) is 0. The van der Waals surface area contributed by atoms with Gasteiger partial charge in [0.2, 0.25) is 0 Å². The topological polar surface area (TPSA) is 9.23 Å². The Kier molecular flexibility index (Phi) is 9.60. The molecular weight excluding hydrogens is 144 g/mol. The van der Waals surface area contributed by atoms with Gasteiger partial charge >= 0.3 is 0 Å². The first-order valence-corrected chi connectivity index (χ1v) is 4.65. The molecule has 0 aromatic carbocycles. The second-order valence-electron chi connectivity index (χ2n) is 2.48. The van der Waals surface area contributed by atoms with Crippen LogP contribution in [-0.2, 0) is 4.74 Å². The maximum Gasteiger partial charge on any atom is 0.0462 e. The molecule has 0 aromatic heterocycles. The fourth-order valence-electron chi connectivity index (χ4n) is 0.889. The number of rotatable bonds is 7. The number of thiol groups is 1. The van der Waals surface area contributed by atoms with Crippen LogP contribution in [0.5, 0.6) is 0 Å². The molecule has 0 N–H and O–H groups in total. The Morgan fingerprint density at radius 2 is 1.60 bits per heavy atom. The van der Waals surface area contributed by atoms with E-state index >= 15 is 0 Å². The summed E-state index contributed by atoms with van der Waals surface area (Å²) in [5.74, 6) is 1.03. The Balaban J connectivity index is 2.65. The van der Waals surface area contributed by atoms with Crippen LogP contribution in [0.1, 0.15) is 32.1 Å². The minimum atomic E-state index is 0.918. The molecule has 10 heavy (non-hydrogen) atoms. The van der Waals surface area contributed by atoms with Gasteiger partial charge in [-0.15, -0.1) is 0 Å². The third-order valence-electron chi connectivity index (χ3n) is 1.51. The van der Waals surface area contributed by atoms with E-state index in [0.717, 1.165) is 12.4 Å². The van der Waals surface area contributed by atoms with E-state index in [1.54, 1.807) is 7.11 Å². The van der Waals surface area contributed by atoms with Crippen LogP contribution in [0.3, 0.4) is 0 Å². The van der Waals surface area contributed by atoms with Crippen molar-refractivity contribution < 1.29 is 4.74 Å². The third-order valence-corrected chi connectivity index (χ3v) is 1.82. The first kappa shape index (κ1) is 10.3. The molecule has 0 unspecified atom stereocenters. The van der Waals surface area contributed by atoms with Crippen molar-refractivity contribution in [2.75, 3.05) is 19.5 Å². The lowest BCUT2D eigenvalue weighted by Gasteiger charge is -1.98. The highest BCUT2D eigenvalue weighted by Crippen LogP contribution is 2.03. The summed E-state index contributed by atoms with van der Waals surface area (Å²) in [7, 11) is 1.76. The van der Waals surface area contributed by atoms with Gasteiger partial charge in [-0.1, -0.05) is 19.3 Å². The molecule has 0 saturated carbocycles. The predicted octanol–water partition coefficient (Wildman–Crippen LogP) is 2.51. The highest BCUT2D eigenvalue weighted by atomic mass is 32.1. The van der Waals surface area contributed by atoms with Crippen LogP contribution in [0.25, 0.3) is 0 Å². The molecule has 0 aromatic rings. The number of hydrogen-bond acceptors (Lipinski definition) is 2. The third kappa shape index (κ3) is 8.31. The summed E-state index contributed by atoms with van der Waals surface area (Å²) >= 11 is 4.14. The van der Waals surface area contributed by atoms with Gasteiger partial charge in [-0.3, -0.25) is 0 Å². The average Bonchev–Trinajstić information content (AvgIpc) is 1.97. The zero-order valence-electron chi connectivity index (χ0n) is 6.81. The monoisotopic (exact) mass is 162 g/mol. The molecule has 0 heterocycles. The maximum absolute atomic E-state index is 4.93. The second-order valence-corrected chi connectivity index (χ2v) is 2.93. The fraction of sp³-hybridized carbons (Fsp3) is 1.00. The molecule has 0 aliphatic rings. The Morgan fingerprint density at radius 1 is 1.00 bits per heavy atom. The highest BCUT2D eigenvalue weighted by Gasteiger charge is 1.87. The van der Waals surface area contributed by atoms with Gasteiger partial charge in [0.05, 0.1) is 0 Å². The lowest BCUT2D eigenvalue weighted by molar-refractivity contribution is 0.192. The number of unbranched alkanes of at least 4 members (excludes halogenated alkanes) is 4. The van der Waals surface area contributed by atoms with Gasteiger partial charge in [0, 0.05) is 13.7 Å². The predicted molar refractivity (Wildman–Crippen MR) is 48.8 cm³/mol. The summed E-state index contributed by atoms with van der Waals surface area (Å²) in [6.07, 6.45) is 6.44. The molecule has 0 spiro atoms. The Bertz CT molecular complexity index is 49.2. The number of hydrogen-bond donors (Lipinski definition) is 1. The van der Waals surface area contributed by atoms with Crippen LogP contribution in [0, 0.1) is 0 Å². The quantitative estimate of drug-likeness (QED) is 0.447. The van der Waals surface area contributed by atoms with Crippen LogP contribution < -0.4 is 0 Å². The summed E-state index contributed by atoms with van der Waals surface area (Å²) in [4.78, 5) is 0. The molecule has 0 aliphatic heterocycles. The van der Waals surface area contributed by atoms with Gasteiger partial charge in [-0.2, -0.15) is 12.6 Å². The van der Waals surface area contributed by atoms with Gasteiger partial charge in [0.1, 0.15) is 0 Å². The number of methoxy groups -OCH3 is 1. The zero-order chi connectivity index (χ0) is 7.66. The van der Waals surface area contributed by atoms with Crippen molar-refractivity contribution in [2.45, 2.75) is 32.1 Å². The van der Waals surface area contributed by atoms with Crippen LogP contribution in [0.4, 0.5) is 0 Å². The Morgan fingerprint density at radius 3 is 2.20 bits per heavy atom. The molecule has 0 atom stereocenters. The normalized spacial score (nSPS) is 10.2. The minimum Gasteiger partial charge on any atom is -0.385 e. The van der Waals surface area contributed by atoms with Crippen molar-refractivity contribution in [1.29, 1.82) is 0 Å². The maximum atomic E-state index is 4.93. The van der Waals surface area contributed by atoms with Gasteiger partial charge in [0.15, 0.2) is 0 Å². The highest BCUT2D eigenvalue weighted by molar-refractivity contribution is 7.80. The summed E-state index contributed by atoms with van der Waals surface area (Å²) < 4.78 is 4.93. The molecule has 0 radical (unpaired) electrons. The molecule has 0 bridgehead atoms. The van der Waals surface area contributed by atoms with E-state index in [4.69, 9.17) is 4.74 Å². The molecule has 62 valence electrons.